The van der Waals surface area contributed by atoms with Crippen LogP contribution in [0.1, 0.15) is 16.7 Å². The summed E-state index contributed by atoms with van der Waals surface area (Å²) in [7, 11) is -3.55. The zero-order valence-electron chi connectivity index (χ0n) is 18.3. The molecule has 2 aromatic rings. The predicted octanol–water partition coefficient (Wildman–Crippen LogP) is 0.236. The van der Waals surface area contributed by atoms with Gasteiger partial charge in [-0.3, -0.25) is 14.5 Å². The fraction of sp³-hybridized carbons (Fsp3) is 0.391. The second-order valence-corrected chi connectivity index (χ2v) is 10.2. The van der Waals surface area contributed by atoms with Crippen molar-refractivity contribution in [1.29, 1.82) is 0 Å². The summed E-state index contributed by atoms with van der Waals surface area (Å²) in [4.78, 5) is 26.5. The van der Waals surface area contributed by atoms with Gasteiger partial charge in [0.25, 0.3) is 0 Å². The lowest BCUT2D eigenvalue weighted by Crippen LogP contribution is -2.51. The second-order valence-electron chi connectivity index (χ2n) is 8.23. The third-order valence-electron chi connectivity index (χ3n) is 6.04. The monoisotopic (exact) mass is 472 g/mol. The van der Waals surface area contributed by atoms with E-state index in [1.165, 1.54) is 4.31 Å². The molecule has 0 bridgehead atoms. The number of fused-ring (bicyclic) bond motifs is 1. The van der Waals surface area contributed by atoms with Gasteiger partial charge in [-0.15, -0.1) is 0 Å². The maximum absolute atomic E-state index is 12.7. The maximum atomic E-state index is 12.7. The molecule has 1 fully saturated rings. The molecule has 0 spiro atoms. The van der Waals surface area contributed by atoms with Crippen molar-refractivity contribution < 1.29 is 22.7 Å². The molecule has 3 N–H and O–H groups in total. The molecule has 9 nitrogen and oxygen atoms in total. The van der Waals surface area contributed by atoms with Crippen LogP contribution in [0.3, 0.4) is 0 Å². The van der Waals surface area contributed by atoms with Crippen LogP contribution in [0.15, 0.2) is 53.4 Å². The Morgan fingerprint density at radius 3 is 2.36 bits per heavy atom. The molecule has 33 heavy (non-hydrogen) atoms. The Kier molecular flexibility index (Phi) is 7.08. The largest absolute Gasteiger partial charge is 0.379 e. The summed E-state index contributed by atoms with van der Waals surface area (Å²) in [5, 5.41) is 2.84. The van der Waals surface area contributed by atoms with Gasteiger partial charge in [0.1, 0.15) is 0 Å². The molecule has 0 radical (unpaired) electrons. The molecule has 2 heterocycles. The van der Waals surface area contributed by atoms with Crippen LogP contribution in [0.25, 0.3) is 0 Å². The third kappa shape index (κ3) is 5.41. The number of rotatable bonds is 7. The number of ether oxygens (including phenoxy) is 1. The van der Waals surface area contributed by atoms with Crippen molar-refractivity contribution in [1.82, 2.24) is 14.5 Å². The Morgan fingerprint density at radius 2 is 1.70 bits per heavy atom. The molecular formula is C23H28N4O5S. The molecule has 176 valence electrons. The van der Waals surface area contributed by atoms with Gasteiger partial charge in [-0.25, -0.2) is 8.42 Å². The zero-order valence-corrected chi connectivity index (χ0v) is 19.1. The van der Waals surface area contributed by atoms with Crippen LogP contribution in [0.5, 0.6) is 0 Å². The smallest absolute Gasteiger partial charge is 0.243 e. The van der Waals surface area contributed by atoms with E-state index in [0.29, 0.717) is 39.3 Å². The topological polar surface area (TPSA) is 122 Å². The number of amides is 2. The molecule has 2 aliphatic heterocycles. The summed E-state index contributed by atoms with van der Waals surface area (Å²) in [6, 6.07) is 13.8. The quantitative estimate of drug-likeness (QED) is 0.595. The first-order chi connectivity index (χ1) is 15.8. The zero-order chi connectivity index (χ0) is 23.4. The first kappa shape index (κ1) is 23.4. The van der Waals surface area contributed by atoms with Crippen LogP contribution in [0.4, 0.5) is 0 Å². The van der Waals surface area contributed by atoms with Gasteiger partial charge in [0.05, 0.1) is 30.7 Å². The maximum Gasteiger partial charge on any atom is 0.243 e. The number of nitrogens with two attached hydrogens (primary N) is 1. The summed E-state index contributed by atoms with van der Waals surface area (Å²) in [6.07, 6.45) is 0.484. The number of nitrogens with zero attached hydrogens (tertiary/aromatic N) is 2. The molecular weight excluding hydrogens is 444 g/mol. The Bertz CT molecular complexity index is 1110. The summed E-state index contributed by atoms with van der Waals surface area (Å²) in [5.74, 6) is -0.681. The lowest BCUT2D eigenvalue weighted by molar-refractivity contribution is -0.127. The summed E-state index contributed by atoms with van der Waals surface area (Å²) >= 11 is 0. The molecule has 10 heteroatoms. The highest BCUT2D eigenvalue weighted by Gasteiger charge is 2.31. The van der Waals surface area contributed by atoms with Crippen LogP contribution >= 0.6 is 0 Å². The van der Waals surface area contributed by atoms with Gasteiger partial charge in [-0.2, -0.15) is 4.31 Å². The molecule has 1 atom stereocenters. The highest BCUT2D eigenvalue weighted by Crippen LogP contribution is 2.23. The Labute approximate surface area is 193 Å². The highest BCUT2D eigenvalue weighted by atomic mass is 32.2. The summed E-state index contributed by atoms with van der Waals surface area (Å²) in [5.41, 5.74) is 8.52. The average Bonchev–Trinajstić information content (AvgIpc) is 2.83. The number of nitrogens with one attached hydrogen (secondary N) is 1. The summed E-state index contributed by atoms with van der Waals surface area (Å²) < 4.78 is 32.1. The van der Waals surface area contributed by atoms with Crippen LogP contribution in [0.2, 0.25) is 0 Å². The van der Waals surface area contributed by atoms with Gasteiger partial charge in [0, 0.05) is 26.2 Å². The average molecular weight is 473 g/mol. The Hall–Kier alpha value is -2.79. The van der Waals surface area contributed by atoms with Gasteiger partial charge in [-0.05, 0) is 35.2 Å². The van der Waals surface area contributed by atoms with E-state index in [1.807, 2.05) is 24.3 Å². The fourth-order valence-corrected chi connectivity index (χ4v) is 5.59. The van der Waals surface area contributed by atoms with Crippen LogP contribution < -0.4 is 11.1 Å². The third-order valence-corrected chi connectivity index (χ3v) is 7.95. The lowest BCUT2D eigenvalue weighted by Gasteiger charge is -2.34. The van der Waals surface area contributed by atoms with Crippen molar-refractivity contribution in [2.45, 2.75) is 30.4 Å². The minimum atomic E-state index is -3.55. The van der Waals surface area contributed by atoms with Crippen molar-refractivity contribution >= 4 is 21.8 Å². The van der Waals surface area contributed by atoms with Gasteiger partial charge in [-0.1, -0.05) is 36.4 Å². The lowest BCUT2D eigenvalue weighted by atomic mass is 9.93. The second kappa shape index (κ2) is 10.0. The van der Waals surface area contributed by atoms with E-state index in [0.717, 1.165) is 16.7 Å². The number of hydrogen-bond acceptors (Lipinski definition) is 6. The van der Waals surface area contributed by atoms with Gasteiger partial charge >= 0.3 is 0 Å². The molecule has 0 aliphatic carbocycles. The van der Waals surface area contributed by atoms with Gasteiger partial charge in [0.15, 0.2) is 0 Å². The number of sulfonamides is 1. The van der Waals surface area contributed by atoms with E-state index in [1.54, 1.807) is 29.2 Å². The van der Waals surface area contributed by atoms with Crippen molar-refractivity contribution in [3.05, 3.63) is 65.2 Å². The minimum absolute atomic E-state index is 0.0471. The number of carbonyl (C=O) groups excluding carboxylic acids is 2. The first-order valence-corrected chi connectivity index (χ1v) is 12.3. The first-order valence-electron chi connectivity index (χ1n) is 10.9. The normalized spacial score (nSPS) is 19.6. The van der Waals surface area contributed by atoms with Crippen molar-refractivity contribution in [2.24, 2.45) is 5.73 Å². The van der Waals surface area contributed by atoms with E-state index in [2.05, 4.69) is 5.32 Å². The molecule has 4 rings (SSSR count). The van der Waals surface area contributed by atoms with Crippen LogP contribution in [-0.4, -0.2) is 68.3 Å². The highest BCUT2D eigenvalue weighted by molar-refractivity contribution is 7.89. The Morgan fingerprint density at radius 1 is 1.03 bits per heavy atom. The van der Waals surface area contributed by atoms with Crippen molar-refractivity contribution in [3.63, 3.8) is 0 Å². The van der Waals surface area contributed by atoms with E-state index in [9.17, 15) is 18.0 Å². The number of primary amides is 1. The molecule has 2 aromatic carbocycles. The Balaban J connectivity index is 1.34. The fourth-order valence-electron chi connectivity index (χ4n) is 4.18. The van der Waals surface area contributed by atoms with E-state index in [-0.39, 0.29) is 23.9 Å². The molecule has 2 amide bonds. The number of morpholine rings is 1. The minimum Gasteiger partial charge on any atom is -0.379 e. The van der Waals surface area contributed by atoms with E-state index in [4.69, 9.17) is 10.5 Å². The van der Waals surface area contributed by atoms with Crippen molar-refractivity contribution in [3.8, 4) is 0 Å². The number of carbonyl (C=O) groups is 2. The standard InChI is InChI=1S/C23H28N4O5S/c24-23(29)21-13-18-3-1-2-4-19(18)15-26(21)16-22(28)25-14-17-5-7-20(8-6-17)33(30,31)27-9-11-32-12-10-27/h1-8,21H,9-16H2,(H2,24,29)(H,25,28)/t21-/m0/s1. The predicted molar refractivity (Wildman–Crippen MR) is 121 cm³/mol. The van der Waals surface area contributed by atoms with Crippen LogP contribution in [-0.2, 0) is 43.9 Å². The van der Waals surface area contributed by atoms with E-state index >= 15 is 0 Å². The van der Waals surface area contributed by atoms with Gasteiger partial charge in [0.2, 0.25) is 21.8 Å². The molecule has 0 saturated carbocycles. The van der Waals surface area contributed by atoms with Crippen LogP contribution in [0, 0.1) is 0 Å². The number of benzene rings is 2. The summed E-state index contributed by atoms with van der Waals surface area (Å²) in [6.45, 7) is 2.24. The van der Waals surface area contributed by atoms with Gasteiger partial charge < -0.3 is 15.8 Å². The molecule has 1 saturated heterocycles. The molecule has 0 unspecified atom stereocenters. The van der Waals surface area contributed by atoms with E-state index < -0.39 is 22.0 Å². The number of hydrogen-bond donors (Lipinski definition) is 2. The SMILES string of the molecule is NC(=O)[C@@H]1Cc2ccccc2CN1CC(=O)NCc1ccc(S(=O)(=O)N2CCOCC2)cc1. The van der Waals surface area contributed by atoms with Crippen molar-refractivity contribution in [2.75, 3.05) is 32.8 Å². The molecule has 2 aliphatic rings. The molecule has 0 aromatic heterocycles.